The predicted molar refractivity (Wildman–Crippen MR) is 79.1 cm³/mol. The summed E-state index contributed by atoms with van der Waals surface area (Å²) in [6.07, 6.45) is 0.362. The molecule has 0 saturated heterocycles. The lowest BCUT2D eigenvalue weighted by molar-refractivity contribution is -0.889. The molecule has 0 radical (unpaired) electrons. The second-order valence-electron chi connectivity index (χ2n) is 5.06. The molecule has 1 atom stereocenters. The summed E-state index contributed by atoms with van der Waals surface area (Å²) >= 11 is 5.26. The van der Waals surface area contributed by atoms with Crippen molar-refractivity contribution >= 4 is 44.5 Å². The van der Waals surface area contributed by atoms with Crippen molar-refractivity contribution in [3.05, 3.63) is 25.7 Å². The van der Waals surface area contributed by atoms with E-state index in [4.69, 9.17) is 0 Å². The third-order valence-corrected chi connectivity index (χ3v) is 4.14. The zero-order valence-corrected chi connectivity index (χ0v) is 14.1. The topological polar surface area (TPSA) is 60.4 Å². The van der Waals surface area contributed by atoms with Crippen molar-refractivity contribution in [2.24, 2.45) is 0 Å². The summed E-state index contributed by atoms with van der Waals surface area (Å²) in [5, 5.41) is 20.8. The Morgan fingerprint density at radius 3 is 2.44 bits per heavy atom. The van der Waals surface area contributed by atoms with Gasteiger partial charge in [0.2, 0.25) is 0 Å². The molecule has 0 heterocycles. The lowest BCUT2D eigenvalue weighted by Gasteiger charge is -2.34. The molecule has 0 unspecified atom stereocenters. The average Bonchev–Trinajstić information content (AvgIpc) is 2.20. The second-order valence-corrected chi connectivity index (χ2v) is 7.08. The van der Waals surface area contributed by atoms with Gasteiger partial charge >= 0.3 is 0 Å². The van der Waals surface area contributed by atoms with Crippen LogP contribution < -0.4 is 5.11 Å². The SMILES string of the molecule is C[N+](C)(C)[C@H](Cc1cc(Br)c(O)c(I)c1)C(=O)[O-]. The Kier molecular flexibility index (Phi) is 5.02. The molecule has 18 heavy (non-hydrogen) atoms. The van der Waals surface area contributed by atoms with Crippen LogP contribution in [0.5, 0.6) is 5.75 Å². The van der Waals surface area contributed by atoms with Crippen molar-refractivity contribution in [1.29, 1.82) is 0 Å². The van der Waals surface area contributed by atoms with Gasteiger partial charge in [0.25, 0.3) is 0 Å². The van der Waals surface area contributed by atoms with Crippen LogP contribution in [0.1, 0.15) is 5.56 Å². The number of hydrogen-bond donors (Lipinski definition) is 1. The number of phenolic OH excluding ortho intramolecular Hbond substituents is 1. The van der Waals surface area contributed by atoms with Crippen molar-refractivity contribution in [2.45, 2.75) is 12.5 Å². The number of carboxylic acid groups (broad SMARTS) is 1. The van der Waals surface area contributed by atoms with Crippen LogP contribution in [0.25, 0.3) is 0 Å². The number of halogens is 2. The molecule has 0 fully saturated rings. The van der Waals surface area contributed by atoms with Crippen molar-refractivity contribution in [3.63, 3.8) is 0 Å². The molecule has 0 aliphatic carbocycles. The predicted octanol–water partition coefficient (Wildman–Crippen LogP) is 1.13. The van der Waals surface area contributed by atoms with E-state index in [1.165, 1.54) is 0 Å². The van der Waals surface area contributed by atoms with E-state index in [2.05, 4.69) is 15.9 Å². The summed E-state index contributed by atoms with van der Waals surface area (Å²) in [7, 11) is 5.46. The third-order valence-electron chi connectivity index (χ3n) is 2.71. The van der Waals surface area contributed by atoms with E-state index >= 15 is 0 Å². The van der Waals surface area contributed by atoms with Crippen molar-refractivity contribution < 1.29 is 19.5 Å². The highest BCUT2D eigenvalue weighted by molar-refractivity contribution is 14.1. The molecule has 1 rings (SSSR count). The summed E-state index contributed by atoms with van der Waals surface area (Å²) in [6.45, 7) is 0. The highest BCUT2D eigenvalue weighted by atomic mass is 127. The van der Waals surface area contributed by atoms with Crippen LogP contribution in [-0.2, 0) is 11.2 Å². The fourth-order valence-corrected chi connectivity index (χ4v) is 3.20. The zero-order chi connectivity index (χ0) is 14.1. The third kappa shape index (κ3) is 3.83. The minimum Gasteiger partial charge on any atom is -0.544 e. The molecule has 0 saturated carbocycles. The van der Waals surface area contributed by atoms with Gasteiger partial charge in [-0.1, -0.05) is 0 Å². The zero-order valence-electron chi connectivity index (χ0n) is 10.4. The fourth-order valence-electron chi connectivity index (χ4n) is 1.63. The Morgan fingerprint density at radius 2 is 2.06 bits per heavy atom. The Morgan fingerprint density at radius 1 is 1.50 bits per heavy atom. The Balaban J connectivity index is 3.06. The van der Waals surface area contributed by atoms with Crippen LogP contribution in [0.15, 0.2) is 16.6 Å². The lowest BCUT2D eigenvalue weighted by Crippen LogP contribution is -2.55. The monoisotopic (exact) mass is 427 g/mol. The van der Waals surface area contributed by atoms with E-state index in [-0.39, 0.29) is 10.2 Å². The van der Waals surface area contributed by atoms with Gasteiger partial charge in [-0.05, 0) is 56.2 Å². The first kappa shape index (κ1) is 15.7. The molecular weight excluding hydrogens is 413 g/mol. The maximum atomic E-state index is 11.2. The van der Waals surface area contributed by atoms with Gasteiger partial charge in [0, 0.05) is 6.42 Å². The molecule has 0 aromatic heterocycles. The molecule has 0 aliphatic heterocycles. The molecule has 0 amide bonds. The maximum absolute atomic E-state index is 11.2. The number of phenols is 1. The van der Waals surface area contributed by atoms with Gasteiger partial charge in [0.1, 0.15) is 11.8 Å². The molecule has 100 valence electrons. The first-order chi connectivity index (χ1) is 8.12. The molecule has 0 spiro atoms. The largest absolute Gasteiger partial charge is 0.544 e. The molecule has 0 bridgehead atoms. The Bertz CT molecular complexity index is 448. The summed E-state index contributed by atoms with van der Waals surface area (Å²) in [5.41, 5.74) is 0.853. The van der Waals surface area contributed by atoms with Gasteiger partial charge in [0.05, 0.1) is 35.2 Å². The van der Waals surface area contributed by atoms with Crippen LogP contribution in [0.3, 0.4) is 0 Å². The summed E-state index contributed by atoms with van der Waals surface area (Å²) in [4.78, 5) is 11.2. The van der Waals surface area contributed by atoms with E-state index in [9.17, 15) is 15.0 Å². The number of nitrogens with zero attached hydrogens (tertiary/aromatic N) is 1. The molecular formula is C12H15BrINO3. The quantitative estimate of drug-likeness (QED) is 0.578. The van der Waals surface area contributed by atoms with Crippen LogP contribution in [0.2, 0.25) is 0 Å². The standard InChI is InChI=1S/C12H15BrINO3/c1-15(2,3)10(12(17)18)6-7-4-8(13)11(16)9(14)5-7/h4-5,10H,6H2,1-3H3,(H-,16,17,18)/t10-/m1/s1. The van der Waals surface area contributed by atoms with Gasteiger partial charge in [-0.2, -0.15) is 0 Å². The molecule has 4 nitrogen and oxygen atoms in total. The molecule has 1 aromatic carbocycles. The number of aromatic hydroxyl groups is 1. The number of hydrogen-bond acceptors (Lipinski definition) is 3. The van der Waals surface area contributed by atoms with Crippen molar-refractivity contribution in [2.75, 3.05) is 21.1 Å². The molecule has 6 heteroatoms. The average molecular weight is 428 g/mol. The Labute approximate surface area is 128 Å². The minimum absolute atomic E-state index is 0.176. The normalized spacial score (nSPS) is 13.4. The lowest BCUT2D eigenvalue weighted by atomic mass is 10.0. The van der Waals surface area contributed by atoms with E-state index in [1.54, 1.807) is 12.1 Å². The van der Waals surface area contributed by atoms with Gasteiger partial charge < -0.3 is 19.5 Å². The number of rotatable bonds is 4. The van der Waals surface area contributed by atoms with Gasteiger partial charge in [-0.15, -0.1) is 0 Å². The molecule has 0 aliphatic rings. The highest BCUT2D eigenvalue weighted by Gasteiger charge is 2.25. The molecule has 1 aromatic rings. The van der Waals surface area contributed by atoms with Crippen molar-refractivity contribution in [1.82, 2.24) is 0 Å². The second kappa shape index (κ2) is 5.75. The van der Waals surface area contributed by atoms with Gasteiger partial charge in [0.15, 0.2) is 0 Å². The van der Waals surface area contributed by atoms with Crippen LogP contribution >= 0.6 is 38.5 Å². The van der Waals surface area contributed by atoms with Gasteiger partial charge in [-0.25, -0.2) is 0 Å². The minimum atomic E-state index is -1.07. The van der Waals surface area contributed by atoms with Crippen LogP contribution in [0.4, 0.5) is 0 Å². The van der Waals surface area contributed by atoms with E-state index in [0.29, 0.717) is 14.5 Å². The highest BCUT2D eigenvalue weighted by Crippen LogP contribution is 2.31. The first-order valence-corrected chi connectivity index (χ1v) is 7.19. The summed E-state index contributed by atoms with van der Waals surface area (Å²) in [5.74, 6) is -0.892. The summed E-state index contributed by atoms with van der Waals surface area (Å²) in [6, 6.07) is 2.90. The number of carbonyl (C=O) groups is 1. The number of likely N-dealkylation sites (N-methyl/N-ethyl adjacent to an activating group) is 1. The first-order valence-electron chi connectivity index (χ1n) is 5.31. The van der Waals surface area contributed by atoms with Crippen LogP contribution in [0, 0.1) is 3.57 Å². The van der Waals surface area contributed by atoms with E-state index < -0.39 is 12.0 Å². The van der Waals surface area contributed by atoms with Crippen LogP contribution in [-0.4, -0.2) is 42.7 Å². The smallest absolute Gasteiger partial charge is 0.143 e. The number of quaternary nitrogens is 1. The number of aliphatic carboxylic acids is 1. The fraction of sp³-hybridized carbons (Fsp3) is 0.417. The molecule has 1 N–H and O–H groups in total. The van der Waals surface area contributed by atoms with E-state index in [1.807, 2.05) is 43.7 Å². The number of benzene rings is 1. The number of carboxylic acids is 1. The number of carbonyl (C=O) groups excluding carboxylic acids is 1. The van der Waals surface area contributed by atoms with E-state index in [0.717, 1.165) is 5.56 Å². The maximum Gasteiger partial charge on any atom is 0.143 e. The van der Waals surface area contributed by atoms with Gasteiger partial charge in [-0.3, -0.25) is 0 Å². The summed E-state index contributed by atoms with van der Waals surface area (Å²) < 4.78 is 1.55. The van der Waals surface area contributed by atoms with Crippen molar-refractivity contribution in [3.8, 4) is 5.75 Å². The Hall–Kier alpha value is -0.340.